The first-order valence-corrected chi connectivity index (χ1v) is 10.7. The average Bonchev–Trinajstić information content (AvgIpc) is 3.32. The predicted molar refractivity (Wildman–Crippen MR) is 123 cm³/mol. The number of rotatable bonds is 5. The highest BCUT2D eigenvalue weighted by molar-refractivity contribution is 7.18. The third-order valence-electron chi connectivity index (χ3n) is 5.34. The maximum absolute atomic E-state index is 12.8. The summed E-state index contributed by atoms with van der Waals surface area (Å²) >= 11 is 1.63. The molecule has 6 heteroatoms. The Morgan fingerprint density at radius 1 is 1.10 bits per heavy atom. The standard InChI is InChI=1S/C24H24N4OS/c1-16-20(17(2)28(26-16)19-10-6-5-7-11-19)14-15-23(29)27(4)18(3)24-25-21-12-8-9-13-22(21)30-24/h5-15,18H,1-4H3/b15-14+. The van der Waals surface area contributed by atoms with Crippen LogP contribution in [-0.2, 0) is 4.79 Å². The van der Waals surface area contributed by atoms with Crippen molar-refractivity contribution < 1.29 is 4.79 Å². The second-order valence-corrected chi connectivity index (χ2v) is 8.37. The number of fused-ring (bicyclic) bond motifs is 1. The quantitative estimate of drug-likeness (QED) is 0.413. The van der Waals surface area contributed by atoms with Crippen molar-refractivity contribution in [3.8, 4) is 5.69 Å². The molecular weight excluding hydrogens is 392 g/mol. The first-order valence-electron chi connectivity index (χ1n) is 9.87. The Kier molecular flexibility index (Phi) is 5.50. The number of nitrogens with zero attached hydrogens (tertiary/aromatic N) is 4. The van der Waals surface area contributed by atoms with Gasteiger partial charge in [0.05, 0.1) is 27.6 Å². The number of hydrogen-bond acceptors (Lipinski definition) is 4. The van der Waals surface area contributed by atoms with Crippen molar-refractivity contribution in [1.82, 2.24) is 19.7 Å². The van der Waals surface area contributed by atoms with E-state index in [4.69, 9.17) is 0 Å². The van der Waals surface area contributed by atoms with E-state index in [-0.39, 0.29) is 11.9 Å². The van der Waals surface area contributed by atoms with Gasteiger partial charge in [0.25, 0.3) is 0 Å². The third-order valence-corrected chi connectivity index (χ3v) is 6.54. The lowest BCUT2D eigenvalue weighted by molar-refractivity contribution is -0.126. The first kappa shape index (κ1) is 20.0. The minimum Gasteiger partial charge on any atom is -0.333 e. The van der Waals surface area contributed by atoms with Gasteiger partial charge in [-0.1, -0.05) is 30.3 Å². The number of carbonyl (C=O) groups excluding carboxylic acids is 1. The monoisotopic (exact) mass is 416 g/mol. The van der Waals surface area contributed by atoms with Crippen molar-refractivity contribution in [2.45, 2.75) is 26.8 Å². The van der Waals surface area contributed by atoms with Gasteiger partial charge in [-0.15, -0.1) is 11.3 Å². The molecule has 0 fully saturated rings. The number of carbonyl (C=O) groups is 1. The minimum absolute atomic E-state index is 0.0620. The molecule has 0 aliphatic rings. The van der Waals surface area contributed by atoms with Crippen LogP contribution in [-0.4, -0.2) is 32.6 Å². The van der Waals surface area contributed by atoms with E-state index in [1.54, 1.807) is 22.3 Å². The van der Waals surface area contributed by atoms with Crippen molar-refractivity contribution in [1.29, 1.82) is 0 Å². The molecule has 0 aliphatic carbocycles. The molecule has 1 atom stereocenters. The molecule has 0 spiro atoms. The molecule has 1 unspecified atom stereocenters. The number of amides is 1. The Morgan fingerprint density at radius 3 is 2.53 bits per heavy atom. The van der Waals surface area contributed by atoms with Crippen molar-refractivity contribution in [3.05, 3.63) is 82.6 Å². The fourth-order valence-corrected chi connectivity index (χ4v) is 4.48. The van der Waals surface area contributed by atoms with Gasteiger partial charge in [0, 0.05) is 24.4 Å². The van der Waals surface area contributed by atoms with E-state index < -0.39 is 0 Å². The number of thiazole rings is 1. The fourth-order valence-electron chi connectivity index (χ4n) is 3.41. The van der Waals surface area contributed by atoms with Crippen LogP contribution in [0.3, 0.4) is 0 Å². The van der Waals surface area contributed by atoms with Crippen molar-refractivity contribution in [2.24, 2.45) is 0 Å². The normalized spacial score (nSPS) is 12.5. The molecule has 2 heterocycles. The maximum atomic E-state index is 12.8. The zero-order valence-corrected chi connectivity index (χ0v) is 18.4. The average molecular weight is 417 g/mol. The molecule has 4 aromatic rings. The topological polar surface area (TPSA) is 51.0 Å². The van der Waals surface area contributed by atoms with Gasteiger partial charge in [0.1, 0.15) is 5.01 Å². The van der Waals surface area contributed by atoms with Crippen LogP contribution in [0.5, 0.6) is 0 Å². The molecule has 0 aliphatic heterocycles. The van der Waals surface area contributed by atoms with Gasteiger partial charge < -0.3 is 4.90 Å². The molecule has 5 nitrogen and oxygen atoms in total. The smallest absolute Gasteiger partial charge is 0.246 e. The molecule has 0 radical (unpaired) electrons. The molecule has 0 saturated carbocycles. The molecule has 30 heavy (non-hydrogen) atoms. The van der Waals surface area contributed by atoms with Gasteiger partial charge in [-0.05, 0) is 51.1 Å². The van der Waals surface area contributed by atoms with E-state index in [2.05, 4.69) is 16.1 Å². The molecule has 152 valence electrons. The highest BCUT2D eigenvalue weighted by Crippen LogP contribution is 2.29. The van der Waals surface area contributed by atoms with Crippen LogP contribution >= 0.6 is 11.3 Å². The summed E-state index contributed by atoms with van der Waals surface area (Å²) in [5.41, 5.74) is 4.84. The molecular formula is C24H24N4OS. The van der Waals surface area contributed by atoms with Crippen LogP contribution in [0, 0.1) is 13.8 Å². The Hall–Kier alpha value is -3.25. The SMILES string of the molecule is Cc1nn(-c2ccccc2)c(C)c1/C=C/C(=O)N(C)C(C)c1nc2ccccc2s1. The van der Waals surface area contributed by atoms with E-state index in [1.165, 1.54) is 0 Å². The number of benzene rings is 2. The molecule has 0 bridgehead atoms. The van der Waals surface area contributed by atoms with Crippen LogP contribution in [0.4, 0.5) is 0 Å². The molecule has 2 aromatic carbocycles. The summed E-state index contributed by atoms with van der Waals surface area (Å²) < 4.78 is 3.04. The first-order chi connectivity index (χ1) is 14.5. The number of aromatic nitrogens is 3. The van der Waals surface area contributed by atoms with Gasteiger partial charge in [-0.25, -0.2) is 9.67 Å². The zero-order valence-electron chi connectivity index (χ0n) is 17.5. The molecule has 1 amide bonds. The van der Waals surface area contributed by atoms with E-state index in [1.807, 2.05) is 87.1 Å². The number of hydrogen-bond donors (Lipinski definition) is 0. The van der Waals surface area contributed by atoms with E-state index in [0.717, 1.165) is 37.9 Å². The van der Waals surface area contributed by atoms with Gasteiger partial charge >= 0.3 is 0 Å². The second-order valence-electron chi connectivity index (χ2n) is 7.31. The van der Waals surface area contributed by atoms with Crippen LogP contribution in [0.15, 0.2) is 60.7 Å². The third kappa shape index (κ3) is 3.78. The van der Waals surface area contributed by atoms with E-state index in [9.17, 15) is 4.79 Å². The minimum atomic E-state index is -0.103. The van der Waals surface area contributed by atoms with Crippen molar-refractivity contribution in [3.63, 3.8) is 0 Å². The largest absolute Gasteiger partial charge is 0.333 e. The highest BCUT2D eigenvalue weighted by atomic mass is 32.1. The molecule has 4 rings (SSSR count). The van der Waals surface area contributed by atoms with Gasteiger partial charge in [-0.2, -0.15) is 5.10 Å². The van der Waals surface area contributed by atoms with Gasteiger partial charge in [-0.3, -0.25) is 4.79 Å². The zero-order chi connectivity index (χ0) is 21.3. The Morgan fingerprint density at radius 2 is 1.80 bits per heavy atom. The van der Waals surface area contributed by atoms with Gasteiger partial charge in [0.15, 0.2) is 0 Å². The lowest BCUT2D eigenvalue weighted by atomic mass is 10.1. The summed E-state index contributed by atoms with van der Waals surface area (Å²) in [4.78, 5) is 19.2. The van der Waals surface area contributed by atoms with Crippen molar-refractivity contribution >= 4 is 33.5 Å². The summed E-state index contributed by atoms with van der Waals surface area (Å²) in [7, 11) is 1.82. The summed E-state index contributed by atoms with van der Waals surface area (Å²) in [6.07, 6.45) is 3.48. The van der Waals surface area contributed by atoms with Crippen LogP contribution < -0.4 is 0 Å². The number of likely N-dealkylation sites (N-methyl/N-ethyl adjacent to an activating group) is 1. The molecule has 2 aromatic heterocycles. The van der Waals surface area contributed by atoms with Crippen LogP contribution in [0.1, 0.15) is 34.9 Å². The predicted octanol–water partition coefficient (Wildman–Crippen LogP) is 5.33. The van der Waals surface area contributed by atoms with E-state index >= 15 is 0 Å². The van der Waals surface area contributed by atoms with E-state index in [0.29, 0.717) is 0 Å². The lowest BCUT2D eigenvalue weighted by Gasteiger charge is -2.21. The summed E-state index contributed by atoms with van der Waals surface area (Å²) in [5, 5.41) is 5.58. The highest BCUT2D eigenvalue weighted by Gasteiger charge is 2.19. The lowest BCUT2D eigenvalue weighted by Crippen LogP contribution is -2.27. The summed E-state index contributed by atoms with van der Waals surface area (Å²) in [5.74, 6) is -0.0620. The molecule has 0 saturated heterocycles. The Labute approximate surface area is 180 Å². The number of aryl methyl sites for hydroxylation is 1. The number of para-hydroxylation sites is 2. The Bertz CT molecular complexity index is 1190. The van der Waals surface area contributed by atoms with Crippen LogP contribution in [0.2, 0.25) is 0 Å². The van der Waals surface area contributed by atoms with Crippen LogP contribution in [0.25, 0.3) is 22.0 Å². The Balaban J connectivity index is 1.54. The van der Waals surface area contributed by atoms with Gasteiger partial charge in [0.2, 0.25) is 5.91 Å². The van der Waals surface area contributed by atoms with Crippen molar-refractivity contribution in [2.75, 3.05) is 7.05 Å². The second kappa shape index (κ2) is 8.24. The fraction of sp³-hybridized carbons (Fsp3) is 0.208. The summed E-state index contributed by atoms with van der Waals surface area (Å²) in [6, 6.07) is 17.9. The summed E-state index contributed by atoms with van der Waals surface area (Å²) in [6.45, 7) is 5.99. The maximum Gasteiger partial charge on any atom is 0.246 e. The molecule has 0 N–H and O–H groups in total.